The molecule has 6 nitrogen and oxygen atoms in total. The fraction of sp³-hybridized carbons (Fsp3) is 0.535. The molecule has 10 heteroatoms. The maximum Gasteiger partial charge on any atom is 0.263 e. The van der Waals surface area contributed by atoms with E-state index < -0.39 is 0 Å². The number of thioether (sulfide) groups is 3. The Kier molecular flexibility index (Phi) is 12.8. The van der Waals surface area contributed by atoms with Gasteiger partial charge in [0.1, 0.15) is 22.7 Å². The number of hydrogen-bond acceptors (Lipinski definition) is 8. The Labute approximate surface area is 333 Å². The Bertz CT molecular complexity index is 1890. The third-order valence-electron chi connectivity index (χ3n) is 11.6. The number of anilines is 1. The smallest absolute Gasteiger partial charge is 0.263 e. The number of carbonyl (C=O) groups excluding carboxylic acids is 1. The molecule has 0 N–H and O–H groups in total. The molecule has 0 radical (unpaired) electrons. The SMILES string of the molecule is CCN1C(=CC2=CC(=Cc3sc4cc(SC)c(OC)cc4[n+]3CC)CC(C(=O)N(C3CCCCC3)C3CCCCC3)C2)Sc2cc(SC)c(OC)cc21. The molecule has 284 valence electrons. The summed E-state index contributed by atoms with van der Waals surface area (Å²) in [6, 6.07) is 9.71. The van der Waals surface area contributed by atoms with Crippen LogP contribution in [-0.2, 0) is 11.3 Å². The van der Waals surface area contributed by atoms with E-state index in [1.165, 1.54) is 80.5 Å². The average molecular weight is 791 g/mol. The molecule has 1 aromatic heterocycles. The predicted molar refractivity (Wildman–Crippen MR) is 227 cm³/mol. The van der Waals surface area contributed by atoms with Crippen LogP contribution < -0.4 is 18.9 Å². The molecule has 3 aromatic rings. The molecule has 1 unspecified atom stereocenters. The molecular weight excluding hydrogens is 735 g/mol. The summed E-state index contributed by atoms with van der Waals surface area (Å²) >= 11 is 7.13. The Hall–Kier alpha value is -2.53. The standard InChI is InChI=1S/C43H56N3O3S4/c1-7-44-33-24-35(48-3)39(50-5)26-37(33)52-41(44)22-28-19-29(23-42-45(8-2)34-25-36(49-4)40(51-6)27-38(34)53-42)21-30(20-28)43(47)46(31-15-11-9-12-16-31)32-17-13-10-14-18-32/h19,22-27,30-32H,7-18,20-21H2,1-6H3/q+1. The van der Waals surface area contributed by atoms with Crippen LogP contribution in [0.25, 0.3) is 16.3 Å². The van der Waals surface area contributed by atoms with E-state index in [1.807, 2.05) is 23.1 Å². The number of nitrogens with zero attached hydrogens (tertiary/aromatic N) is 3. The van der Waals surface area contributed by atoms with Crippen molar-refractivity contribution < 1.29 is 18.8 Å². The van der Waals surface area contributed by atoms with E-state index in [1.54, 1.807) is 37.7 Å². The molecule has 0 bridgehead atoms. The van der Waals surface area contributed by atoms with Crippen molar-refractivity contribution in [2.45, 2.75) is 124 Å². The zero-order valence-electron chi connectivity index (χ0n) is 32.4. The number of carbonyl (C=O) groups is 1. The van der Waals surface area contributed by atoms with E-state index in [0.717, 1.165) is 72.9 Å². The Morgan fingerprint density at radius 3 is 2.13 bits per heavy atom. The van der Waals surface area contributed by atoms with Gasteiger partial charge < -0.3 is 19.3 Å². The lowest BCUT2D eigenvalue weighted by Crippen LogP contribution is -2.51. The zero-order valence-corrected chi connectivity index (χ0v) is 35.6. The molecule has 2 fully saturated rings. The summed E-state index contributed by atoms with van der Waals surface area (Å²) in [6.45, 7) is 6.17. The normalized spacial score (nSPS) is 21.4. The van der Waals surface area contributed by atoms with Gasteiger partial charge in [-0.05, 0) is 94.2 Å². The van der Waals surface area contributed by atoms with Gasteiger partial charge >= 0.3 is 0 Å². The zero-order chi connectivity index (χ0) is 37.1. The van der Waals surface area contributed by atoms with E-state index in [-0.39, 0.29) is 5.92 Å². The van der Waals surface area contributed by atoms with Gasteiger partial charge in [-0.2, -0.15) is 4.57 Å². The van der Waals surface area contributed by atoms with Crippen LogP contribution in [0.2, 0.25) is 0 Å². The van der Waals surface area contributed by atoms with Crippen LogP contribution in [0.4, 0.5) is 5.69 Å². The van der Waals surface area contributed by atoms with Gasteiger partial charge in [-0.25, -0.2) is 0 Å². The summed E-state index contributed by atoms with van der Waals surface area (Å²) in [6.07, 6.45) is 25.1. The highest BCUT2D eigenvalue weighted by atomic mass is 32.2. The van der Waals surface area contributed by atoms with E-state index in [2.05, 4.69) is 83.2 Å². The summed E-state index contributed by atoms with van der Waals surface area (Å²) in [4.78, 5) is 23.6. The van der Waals surface area contributed by atoms with Crippen LogP contribution in [-0.4, -0.2) is 56.2 Å². The minimum atomic E-state index is -0.0679. The first-order valence-corrected chi connectivity index (χ1v) is 23.7. The Balaban J connectivity index is 1.30. The third-order valence-corrected chi connectivity index (χ3v) is 15.3. The van der Waals surface area contributed by atoms with Crippen molar-refractivity contribution in [1.29, 1.82) is 0 Å². The summed E-state index contributed by atoms with van der Waals surface area (Å²) < 4.78 is 15.3. The molecule has 3 aliphatic carbocycles. The number of aromatic nitrogens is 1. The number of rotatable bonds is 11. The van der Waals surface area contributed by atoms with Gasteiger partial charge in [0.25, 0.3) is 5.01 Å². The molecule has 0 spiro atoms. The number of fused-ring (bicyclic) bond motifs is 2. The summed E-state index contributed by atoms with van der Waals surface area (Å²) in [5, 5.41) is 2.44. The second kappa shape index (κ2) is 17.5. The van der Waals surface area contributed by atoms with Gasteiger partial charge in [-0.1, -0.05) is 67.7 Å². The third kappa shape index (κ3) is 8.08. The van der Waals surface area contributed by atoms with Crippen LogP contribution in [0.15, 0.2) is 67.3 Å². The molecule has 2 heterocycles. The summed E-state index contributed by atoms with van der Waals surface area (Å²) in [5.41, 5.74) is 4.89. The number of aryl methyl sites for hydroxylation is 1. The fourth-order valence-electron chi connectivity index (χ4n) is 9.00. The van der Waals surface area contributed by atoms with Crippen LogP contribution >= 0.6 is 46.6 Å². The lowest BCUT2D eigenvalue weighted by Gasteiger charge is -2.44. The molecule has 0 saturated heterocycles. The van der Waals surface area contributed by atoms with Crippen molar-refractivity contribution in [1.82, 2.24) is 4.90 Å². The maximum absolute atomic E-state index is 15.1. The molecule has 53 heavy (non-hydrogen) atoms. The molecular formula is C43H56N3O3S4+. The minimum Gasteiger partial charge on any atom is -0.496 e. The molecule has 1 aliphatic heterocycles. The monoisotopic (exact) mass is 790 g/mol. The van der Waals surface area contributed by atoms with Gasteiger partial charge in [-0.3, -0.25) is 4.79 Å². The molecule has 7 rings (SSSR count). The number of allylic oxidation sites excluding steroid dienone is 4. The van der Waals surface area contributed by atoms with Crippen molar-refractivity contribution in [3.05, 3.63) is 57.6 Å². The van der Waals surface area contributed by atoms with Crippen molar-refractivity contribution in [2.24, 2.45) is 5.92 Å². The molecule has 4 aliphatic rings. The van der Waals surface area contributed by atoms with Gasteiger partial charge in [0.2, 0.25) is 11.4 Å². The highest BCUT2D eigenvalue weighted by Gasteiger charge is 2.38. The fourth-order valence-corrected chi connectivity index (χ4v) is 12.8. The summed E-state index contributed by atoms with van der Waals surface area (Å²) in [5.74, 6) is 2.17. The van der Waals surface area contributed by atoms with Gasteiger partial charge in [0.15, 0.2) is 0 Å². The van der Waals surface area contributed by atoms with Crippen LogP contribution in [0, 0.1) is 5.92 Å². The molecule has 1 amide bonds. The maximum atomic E-state index is 15.1. The first kappa shape index (κ1) is 38.7. The Morgan fingerprint density at radius 2 is 1.53 bits per heavy atom. The van der Waals surface area contributed by atoms with E-state index in [4.69, 9.17) is 9.47 Å². The second-order valence-electron chi connectivity index (χ2n) is 14.7. The first-order chi connectivity index (χ1) is 25.9. The van der Waals surface area contributed by atoms with Crippen molar-refractivity contribution in [3.8, 4) is 11.5 Å². The van der Waals surface area contributed by atoms with Crippen LogP contribution in [0.1, 0.15) is 95.9 Å². The molecule has 2 saturated carbocycles. The number of benzene rings is 2. The minimum absolute atomic E-state index is 0.0679. The molecule has 1 atom stereocenters. The van der Waals surface area contributed by atoms with E-state index in [9.17, 15) is 0 Å². The number of hydrogen-bond donors (Lipinski definition) is 0. The van der Waals surface area contributed by atoms with E-state index >= 15 is 4.79 Å². The number of amides is 1. The van der Waals surface area contributed by atoms with Gasteiger partial charge in [-0.15, -0.1) is 23.5 Å². The van der Waals surface area contributed by atoms with E-state index in [0.29, 0.717) is 18.0 Å². The van der Waals surface area contributed by atoms with Crippen molar-refractivity contribution >= 4 is 74.5 Å². The van der Waals surface area contributed by atoms with Crippen LogP contribution in [0.5, 0.6) is 11.5 Å². The number of ether oxygens (including phenoxy) is 2. The average Bonchev–Trinajstić information content (AvgIpc) is 3.71. The van der Waals surface area contributed by atoms with Gasteiger partial charge in [0.05, 0.1) is 40.8 Å². The predicted octanol–water partition coefficient (Wildman–Crippen LogP) is 11.4. The van der Waals surface area contributed by atoms with Crippen LogP contribution in [0.3, 0.4) is 0 Å². The quantitative estimate of drug-likeness (QED) is 0.142. The van der Waals surface area contributed by atoms with Crippen molar-refractivity contribution in [2.75, 3.05) is 38.2 Å². The van der Waals surface area contributed by atoms with Gasteiger partial charge in [0, 0.05) is 41.6 Å². The largest absolute Gasteiger partial charge is 0.496 e. The Morgan fingerprint density at radius 1 is 0.887 bits per heavy atom. The highest BCUT2D eigenvalue weighted by molar-refractivity contribution is 8.03. The van der Waals surface area contributed by atoms with Crippen molar-refractivity contribution in [3.63, 3.8) is 0 Å². The number of methoxy groups -OCH3 is 2. The summed E-state index contributed by atoms with van der Waals surface area (Å²) in [7, 11) is 3.52. The first-order valence-electron chi connectivity index (χ1n) is 19.6. The molecule has 2 aromatic carbocycles. The second-order valence-corrected chi connectivity index (χ2v) is 18.6. The topological polar surface area (TPSA) is 45.9 Å². The number of thiazole rings is 1. The lowest BCUT2D eigenvalue weighted by atomic mass is 9.82. The lowest BCUT2D eigenvalue weighted by molar-refractivity contribution is -0.665. The highest BCUT2D eigenvalue weighted by Crippen LogP contribution is 2.51.